The van der Waals surface area contributed by atoms with Crippen molar-refractivity contribution in [1.29, 1.82) is 0 Å². The van der Waals surface area contributed by atoms with Crippen LogP contribution >= 0.6 is 33.2 Å². The van der Waals surface area contributed by atoms with Crippen LogP contribution in [0.2, 0.25) is 0 Å². The first-order valence-corrected chi connectivity index (χ1v) is 8.22. The maximum atomic E-state index is 11.3. The molecular weight excluding hydrogens is 235 g/mol. The minimum Gasteiger partial charge on any atom is -0.295 e. The number of rotatable bonds is 2. The maximum absolute atomic E-state index is 11.3. The van der Waals surface area contributed by atoms with Crippen molar-refractivity contribution in [1.82, 2.24) is 0 Å². The molecule has 0 heterocycles. The number of hydrogen-bond acceptors (Lipinski definition) is 1. The Morgan fingerprint density at radius 3 is 2.00 bits per heavy atom. The van der Waals surface area contributed by atoms with Gasteiger partial charge in [0.05, 0.1) is 0 Å². The molecule has 1 aromatic rings. The van der Waals surface area contributed by atoms with Crippen LogP contribution in [0.1, 0.15) is 10.4 Å². The largest absolute Gasteiger partial charge is 0.416 e. The van der Waals surface area contributed by atoms with Gasteiger partial charge in [-0.2, -0.15) is 0 Å². The van der Waals surface area contributed by atoms with Crippen LogP contribution in [-0.4, -0.2) is 11.4 Å². The summed E-state index contributed by atoms with van der Waals surface area (Å²) in [4.78, 5) is 11.3. The summed E-state index contributed by atoms with van der Waals surface area (Å²) >= 11 is 16.6. The number of carbonyl (C=O) groups excluding carboxylic acids is 1. The van der Waals surface area contributed by atoms with Gasteiger partial charge >= 0.3 is 6.00 Å². The van der Waals surface area contributed by atoms with Crippen LogP contribution in [0.15, 0.2) is 30.3 Å². The molecular formula is C7H5Cl3OSi. The average molecular weight is 240 g/mol. The van der Waals surface area contributed by atoms with Gasteiger partial charge in [-0.15, -0.1) is 33.2 Å². The Bertz CT molecular complexity index is 280. The lowest BCUT2D eigenvalue weighted by molar-refractivity contribution is 0.107. The molecule has 0 N–H and O–H groups in total. The highest BCUT2D eigenvalue weighted by Gasteiger charge is 2.36. The summed E-state index contributed by atoms with van der Waals surface area (Å²) in [5.41, 5.74) is 0.462. The van der Waals surface area contributed by atoms with E-state index in [1.807, 2.05) is 0 Å². The molecule has 0 aromatic heterocycles. The summed E-state index contributed by atoms with van der Waals surface area (Å²) in [7, 11) is 0. The predicted molar refractivity (Wildman–Crippen MR) is 54.1 cm³/mol. The fraction of sp³-hybridized carbons (Fsp3) is 0. The summed E-state index contributed by atoms with van der Waals surface area (Å²) < 4.78 is 0. The van der Waals surface area contributed by atoms with Crippen molar-refractivity contribution in [2.24, 2.45) is 0 Å². The van der Waals surface area contributed by atoms with Crippen LogP contribution in [0.25, 0.3) is 0 Å². The zero-order valence-electron chi connectivity index (χ0n) is 5.93. The molecule has 12 heavy (non-hydrogen) atoms. The second-order valence-electron chi connectivity index (χ2n) is 2.19. The van der Waals surface area contributed by atoms with Gasteiger partial charge in [0, 0.05) is 5.56 Å². The summed E-state index contributed by atoms with van der Waals surface area (Å²) in [5.74, 6) is 0. The van der Waals surface area contributed by atoms with Gasteiger partial charge in [0.2, 0.25) is 0 Å². The summed E-state index contributed by atoms with van der Waals surface area (Å²) in [6.07, 6.45) is 0. The summed E-state index contributed by atoms with van der Waals surface area (Å²) in [6, 6.07) is 5.32. The second kappa shape index (κ2) is 3.79. The van der Waals surface area contributed by atoms with Crippen LogP contribution in [0.5, 0.6) is 0 Å². The van der Waals surface area contributed by atoms with Crippen LogP contribution in [-0.2, 0) is 0 Å². The Kier molecular flexibility index (Phi) is 3.18. The number of halogens is 3. The van der Waals surface area contributed by atoms with E-state index in [0.717, 1.165) is 0 Å². The molecule has 0 radical (unpaired) electrons. The fourth-order valence-corrected chi connectivity index (χ4v) is 2.23. The Morgan fingerprint density at radius 2 is 1.58 bits per heavy atom. The van der Waals surface area contributed by atoms with Crippen LogP contribution in [0.3, 0.4) is 0 Å². The van der Waals surface area contributed by atoms with Gasteiger partial charge in [-0.05, 0) is 0 Å². The molecule has 0 aliphatic heterocycles. The molecule has 64 valence electrons. The summed E-state index contributed by atoms with van der Waals surface area (Å²) in [6.45, 7) is 0. The van der Waals surface area contributed by atoms with Gasteiger partial charge in [-0.3, -0.25) is 4.79 Å². The molecule has 0 unspecified atom stereocenters. The molecule has 0 atom stereocenters. The molecule has 1 nitrogen and oxygen atoms in total. The Morgan fingerprint density at radius 1 is 1.08 bits per heavy atom. The number of hydrogen-bond donors (Lipinski definition) is 0. The molecule has 0 aliphatic carbocycles. The van der Waals surface area contributed by atoms with E-state index < -0.39 is 6.00 Å². The first-order valence-electron chi connectivity index (χ1n) is 3.18. The Labute approximate surface area is 85.4 Å². The summed E-state index contributed by atoms with van der Waals surface area (Å²) in [5, 5.41) is -0.367. The molecule has 5 heteroatoms. The molecule has 0 bridgehead atoms. The van der Waals surface area contributed by atoms with E-state index in [1.54, 1.807) is 30.3 Å². The Balaban J connectivity index is 2.94. The highest BCUT2D eigenvalue weighted by Crippen LogP contribution is 2.24. The third-order valence-corrected chi connectivity index (χ3v) is 3.64. The normalized spacial score (nSPS) is 11.2. The van der Waals surface area contributed by atoms with Gasteiger partial charge < -0.3 is 0 Å². The molecule has 0 saturated carbocycles. The molecule has 0 amide bonds. The average Bonchev–Trinajstić information content (AvgIpc) is 2.03. The second-order valence-corrected chi connectivity index (χ2v) is 10.5. The SMILES string of the molecule is O=C(c1ccccc1)[Si](Cl)(Cl)Cl. The van der Waals surface area contributed by atoms with Crippen LogP contribution in [0.4, 0.5) is 0 Å². The first kappa shape index (κ1) is 10.1. The standard InChI is InChI=1S/C7H5Cl3OSi/c8-12(9,10)7(11)6-4-2-1-3-5-6/h1-5H. The monoisotopic (exact) mass is 238 g/mol. The van der Waals surface area contributed by atoms with Gasteiger partial charge in [-0.25, -0.2) is 0 Å². The molecule has 0 fully saturated rings. The number of benzene rings is 1. The predicted octanol–water partition coefficient (Wildman–Crippen LogP) is 3.06. The third-order valence-electron chi connectivity index (χ3n) is 1.29. The highest BCUT2D eigenvalue weighted by molar-refractivity contribution is 7.75. The first-order chi connectivity index (χ1) is 5.52. The molecule has 0 aliphatic rings. The molecule has 1 rings (SSSR count). The highest BCUT2D eigenvalue weighted by atomic mass is 35.8. The van der Waals surface area contributed by atoms with Gasteiger partial charge in [0.1, 0.15) is 0 Å². The van der Waals surface area contributed by atoms with Gasteiger partial charge in [-0.1, -0.05) is 30.3 Å². The smallest absolute Gasteiger partial charge is 0.295 e. The van der Waals surface area contributed by atoms with E-state index in [-0.39, 0.29) is 5.41 Å². The van der Waals surface area contributed by atoms with Crippen molar-refractivity contribution in [3.8, 4) is 0 Å². The lowest BCUT2D eigenvalue weighted by atomic mass is 10.2. The maximum Gasteiger partial charge on any atom is 0.416 e. The van der Waals surface area contributed by atoms with Crippen LogP contribution in [0, 0.1) is 0 Å². The lowest BCUT2D eigenvalue weighted by Gasteiger charge is -2.05. The topological polar surface area (TPSA) is 17.1 Å². The molecule has 1 aromatic carbocycles. The van der Waals surface area contributed by atoms with Crippen molar-refractivity contribution in [2.75, 3.05) is 0 Å². The van der Waals surface area contributed by atoms with E-state index in [0.29, 0.717) is 5.56 Å². The van der Waals surface area contributed by atoms with E-state index in [1.165, 1.54) is 0 Å². The van der Waals surface area contributed by atoms with Crippen molar-refractivity contribution in [2.45, 2.75) is 0 Å². The van der Waals surface area contributed by atoms with E-state index in [2.05, 4.69) is 0 Å². The van der Waals surface area contributed by atoms with Crippen molar-refractivity contribution in [3.05, 3.63) is 35.9 Å². The fourth-order valence-electron chi connectivity index (χ4n) is 0.753. The van der Waals surface area contributed by atoms with E-state index in [9.17, 15) is 4.79 Å². The number of carbonyl (C=O) groups is 1. The molecule has 0 spiro atoms. The lowest BCUT2D eigenvalue weighted by Crippen LogP contribution is -2.25. The van der Waals surface area contributed by atoms with Gasteiger partial charge in [0.15, 0.2) is 5.41 Å². The van der Waals surface area contributed by atoms with Crippen molar-refractivity contribution in [3.63, 3.8) is 0 Å². The third kappa shape index (κ3) is 2.49. The van der Waals surface area contributed by atoms with Gasteiger partial charge in [0.25, 0.3) is 0 Å². The minimum absolute atomic E-state index is 0.367. The minimum atomic E-state index is -3.22. The van der Waals surface area contributed by atoms with Crippen LogP contribution < -0.4 is 0 Å². The zero-order chi connectivity index (χ0) is 9.19. The Hall–Kier alpha value is -0.0231. The zero-order valence-corrected chi connectivity index (χ0v) is 9.20. The van der Waals surface area contributed by atoms with Crippen molar-refractivity contribution < 1.29 is 4.79 Å². The van der Waals surface area contributed by atoms with E-state index >= 15 is 0 Å². The van der Waals surface area contributed by atoms with E-state index in [4.69, 9.17) is 33.2 Å². The quantitative estimate of drug-likeness (QED) is 0.573. The van der Waals surface area contributed by atoms with Crippen molar-refractivity contribution >= 4 is 44.6 Å². The molecule has 0 saturated heterocycles.